The first-order valence-corrected chi connectivity index (χ1v) is 8.39. The summed E-state index contributed by atoms with van der Waals surface area (Å²) < 4.78 is 0. The number of carboxylic acid groups (broad SMARTS) is 1. The van der Waals surface area contributed by atoms with E-state index in [9.17, 15) is 9.59 Å². The Hall–Kier alpha value is -1.10. The van der Waals surface area contributed by atoms with Gasteiger partial charge in [0.1, 0.15) is 6.54 Å². The number of amides is 1. The van der Waals surface area contributed by atoms with E-state index in [1.807, 2.05) is 0 Å². The van der Waals surface area contributed by atoms with Gasteiger partial charge >= 0.3 is 5.97 Å². The van der Waals surface area contributed by atoms with Gasteiger partial charge in [0.25, 0.3) is 0 Å². The van der Waals surface area contributed by atoms with Crippen LogP contribution in [0.5, 0.6) is 0 Å². The lowest BCUT2D eigenvalue weighted by Crippen LogP contribution is -2.44. The maximum absolute atomic E-state index is 12.6. The molecule has 2 unspecified atom stereocenters. The Morgan fingerprint density at radius 1 is 1.05 bits per heavy atom. The van der Waals surface area contributed by atoms with Crippen molar-refractivity contribution in [2.24, 2.45) is 5.92 Å². The highest BCUT2D eigenvalue weighted by Crippen LogP contribution is 2.33. The fourth-order valence-corrected chi connectivity index (χ4v) is 4.49. The normalized spacial score (nSPS) is 32.3. The van der Waals surface area contributed by atoms with Gasteiger partial charge in [-0.05, 0) is 44.4 Å². The van der Waals surface area contributed by atoms with Gasteiger partial charge < -0.3 is 15.3 Å². The quantitative estimate of drug-likeness (QED) is 0.810. The molecule has 0 aromatic rings. The number of rotatable bonds is 5. The van der Waals surface area contributed by atoms with Crippen LogP contribution in [0, 0.1) is 5.92 Å². The zero-order chi connectivity index (χ0) is 14.8. The number of hydrogen-bond donors (Lipinski definition) is 2. The van der Waals surface area contributed by atoms with Crippen molar-refractivity contribution in [2.45, 2.75) is 75.9 Å². The molecule has 2 heterocycles. The predicted molar refractivity (Wildman–Crippen MR) is 78.9 cm³/mol. The van der Waals surface area contributed by atoms with Gasteiger partial charge in [0.05, 0.1) is 0 Å². The molecule has 0 radical (unpaired) electrons. The van der Waals surface area contributed by atoms with E-state index in [1.165, 1.54) is 12.8 Å². The van der Waals surface area contributed by atoms with Crippen molar-refractivity contribution in [3.05, 3.63) is 0 Å². The molecule has 118 valence electrons. The molecule has 3 aliphatic rings. The van der Waals surface area contributed by atoms with Crippen LogP contribution in [0.2, 0.25) is 0 Å². The lowest BCUT2D eigenvalue weighted by Gasteiger charge is -2.32. The Morgan fingerprint density at radius 2 is 1.67 bits per heavy atom. The Balaban J connectivity index is 1.59. The summed E-state index contributed by atoms with van der Waals surface area (Å²) in [5.74, 6) is -0.384. The van der Waals surface area contributed by atoms with Gasteiger partial charge in [-0.2, -0.15) is 0 Å². The summed E-state index contributed by atoms with van der Waals surface area (Å²) in [7, 11) is 0. The van der Waals surface area contributed by atoms with Gasteiger partial charge in [0.15, 0.2) is 0 Å². The van der Waals surface area contributed by atoms with E-state index in [0.29, 0.717) is 24.4 Å². The number of carbonyl (C=O) groups excluding carboxylic acids is 1. The number of nitrogens with one attached hydrogen (secondary N) is 1. The summed E-state index contributed by atoms with van der Waals surface area (Å²) in [6, 6.07) is 1.33. The monoisotopic (exact) mass is 294 g/mol. The fourth-order valence-electron chi connectivity index (χ4n) is 4.49. The standard InChI is InChI=1S/C16H26N2O3/c19-15(9-11-7-12-5-6-13(8-11)17-12)18(10-16(20)21)14-3-1-2-4-14/h11-14,17H,1-10H2,(H,20,21). The highest BCUT2D eigenvalue weighted by atomic mass is 16.4. The number of carboxylic acids is 1. The first-order valence-electron chi connectivity index (χ1n) is 8.39. The van der Waals surface area contributed by atoms with Gasteiger partial charge in [-0.25, -0.2) is 0 Å². The third-order valence-corrected chi connectivity index (χ3v) is 5.43. The zero-order valence-corrected chi connectivity index (χ0v) is 12.6. The molecule has 2 aliphatic heterocycles. The van der Waals surface area contributed by atoms with Crippen LogP contribution >= 0.6 is 0 Å². The van der Waals surface area contributed by atoms with E-state index < -0.39 is 5.97 Å². The molecule has 5 heteroatoms. The summed E-state index contributed by atoms with van der Waals surface area (Å²) in [6.07, 6.45) is 9.33. The van der Waals surface area contributed by atoms with E-state index in [-0.39, 0.29) is 18.5 Å². The highest BCUT2D eigenvalue weighted by Gasteiger charge is 2.36. The van der Waals surface area contributed by atoms with E-state index in [4.69, 9.17) is 5.11 Å². The third-order valence-electron chi connectivity index (χ3n) is 5.43. The second kappa shape index (κ2) is 6.34. The molecule has 1 amide bonds. The lowest BCUT2D eigenvalue weighted by atomic mass is 9.89. The smallest absolute Gasteiger partial charge is 0.323 e. The number of nitrogens with zero attached hydrogens (tertiary/aromatic N) is 1. The molecule has 3 fully saturated rings. The minimum atomic E-state index is -0.888. The second-order valence-corrected chi connectivity index (χ2v) is 7.03. The van der Waals surface area contributed by atoms with Crippen molar-refractivity contribution in [3.63, 3.8) is 0 Å². The van der Waals surface area contributed by atoms with Crippen LogP contribution in [0.3, 0.4) is 0 Å². The van der Waals surface area contributed by atoms with Gasteiger partial charge in [0.2, 0.25) is 5.91 Å². The van der Waals surface area contributed by atoms with Crippen LogP contribution < -0.4 is 5.32 Å². The molecule has 21 heavy (non-hydrogen) atoms. The average molecular weight is 294 g/mol. The van der Waals surface area contributed by atoms with Crippen molar-refractivity contribution in [3.8, 4) is 0 Å². The van der Waals surface area contributed by atoms with Gasteiger partial charge in [0, 0.05) is 24.5 Å². The summed E-state index contributed by atoms with van der Waals surface area (Å²) >= 11 is 0. The Kier molecular flexibility index (Phi) is 4.48. The molecule has 0 aromatic heterocycles. The van der Waals surface area contributed by atoms with Crippen molar-refractivity contribution < 1.29 is 14.7 Å². The van der Waals surface area contributed by atoms with Crippen molar-refractivity contribution >= 4 is 11.9 Å². The van der Waals surface area contributed by atoms with Crippen molar-refractivity contribution in [1.29, 1.82) is 0 Å². The van der Waals surface area contributed by atoms with Crippen LogP contribution in [0.25, 0.3) is 0 Å². The van der Waals surface area contributed by atoms with Crippen molar-refractivity contribution in [1.82, 2.24) is 10.2 Å². The maximum atomic E-state index is 12.6. The average Bonchev–Trinajstić information content (AvgIpc) is 3.06. The Morgan fingerprint density at radius 3 is 2.24 bits per heavy atom. The summed E-state index contributed by atoms with van der Waals surface area (Å²) in [4.78, 5) is 25.3. The molecule has 2 atom stereocenters. The number of fused-ring (bicyclic) bond motifs is 2. The predicted octanol–water partition coefficient (Wildman–Crippen LogP) is 1.76. The summed E-state index contributed by atoms with van der Waals surface area (Å²) in [5, 5.41) is 12.7. The van der Waals surface area contributed by atoms with Gasteiger partial charge in [-0.3, -0.25) is 9.59 Å². The minimum Gasteiger partial charge on any atom is -0.480 e. The number of carbonyl (C=O) groups is 2. The van der Waals surface area contributed by atoms with Gasteiger partial charge in [-0.15, -0.1) is 0 Å². The van der Waals surface area contributed by atoms with Crippen LogP contribution in [-0.2, 0) is 9.59 Å². The van der Waals surface area contributed by atoms with E-state index >= 15 is 0 Å². The molecule has 2 bridgehead atoms. The number of hydrogen-bond acceptors (Lipinski definition) is 3. The second-order valence-electron chi connectivity index (χ2n) is 7.03. The number of piperidine rings is 1. The number of aliphatic carboxylic acids is 1. The van der Waals surface area contributed by atoms with E-state index in [2.05, 4.69) is 5.32 Å². The van der Waals surface area contributed by atoms with Gasteiger partial charge in [-0.1, -0.05) is 12.8 Å². The van der Waals surface area contributed by atoms with Crippen molar-refractivity contribution in [2.75, 3.05) is 6.54 Å². The molecular weight excluding hydrogens is 268 g/mol. The molecule has 0 aromatic carbocycles. The molecular formula is C16H26N2O3. The van der Waals surface area contributed by atoms with Crippen LogP contribution in [0.1, 0.15) is 57.8 Å². The molecule has 5 nitrogen and oxygen atoms in total. The van der Waals surface area contributed by atoms with E-state index in [0.717, 1.165) is 38.5 Å². The summed E-state index contributed by atoms with van der Waals surface area (Å²) in [5.41, 5.74) is 0. The Labute approximate surface area is 126 Å². The Bertz CT molecular complexity index is 394. The molecule has 2 N–H and O–H groups in total. The first kappa shape index (κ1) is 14.8. The molecule has 1 saturated carbocycles. The molecule has 3 rings (SSSR count). The van der Waals surface area contributed by atoms with Crippen LogP contribution in [0.4, 0.5) is 0 Å². The van der Waals surface area contributed by atoms with Crippen LogP contribution in [0.15, 0.2) is 0 Å². The largest absolute Gasteiger partial charge is 0.480 e. The fraction of sp³-hybridized carbons (Fsp3) is 0.875. The topological polar surface area (TPSA) is 69.6 Å². The minimum absolute atomic E-state index is 0.0654. The van der Waals surface area contributed by atoms with Crippen LogP contribution in [-0.4, -0.2) is 46.6 Å². The lowest BCUT2D eigenvalue weighted by molar-refractivity contribution is -0.146. The highest BCUT2D eigenvalue weighted by molar-refractivity contribution is 5.81. The molecule has 1 aliphatic carbocycles. The molecule has 2 saturated heterocycles. The third kappa shape index (κ3) is 3.57. The SMILES string of the molecule is O=C(O)CN(C(=O)CC1CC2CCC(C1)N2)C1CCCC1. The summed E-state index contributed by atoms with van der Waals surface area (Å²) in [6.45, 7) is -0.124. The zero-order valence-electron chi connectivity index (χ0n) is 12.6. The van der Waals surface area contributed by atoms with E-state index in [1.54, 1.807) is 4.90 Å². The first-order chi connectivity index (χ1) is 10.1. The maximum Gasteiger partial charge on any atom is 0.323 e. The molecule has 0 spiro atoms.